The largest absolute Gasteiger partial charge is 0.508 e. The minimum absolute atomic E-state index is 0.0480. The SMILES string of the molecule is C[C@H](Cc1ccc(O)cc1)N(C)C(=O)[C@H](C)N1CCSCC1. The van der Waals surface area contributed by atoms with Gasteiger partial charge in [-0.15, -0.1) is 0 Å². The Morgan fingerprint density at radius 1 is 1.27 bits per heavy atom. The molecule has 1 amide bonds. The smallest absolute Gasteiger partial charge is 0.239 e. The standard InChI is InChI=1S/C17H26N2O2S/c1-13(12-15-4-6-16(20)7-5-15)18(3)17(21)14(2)19-8-10-22-11-9-19/h4-7,13-14,20H,8-12H2,1-3H3/t13-,14+/m1/s1. The third-order valence-electron chi connectivity index (χ3n) is 4.43. The molecule has 0 unspecified atom stereocenters. The van der Waals surface area contributed by atoms with Crippen LogP contribution in [0.3, 0.4) is 0 Å². The Labute approximate surface area is 137 Å². The molecule has 4 nitrogen and oxygen atoms in total. The summed E-state index contributed by atoms with van der Waals surface area (Å²) in [6.45, 7) is 6.08. The van der Waals surface area contributed by atoms with Gasteiger partial charge < -0.3 is 10.0 Å². The van der Waals surface area contributed by atoms with Crippen molar-refractivity contribution < 1.29 is 9.90 Å². The van der Waals surface area contributed by atoms with E-state index in [1.807, 2.05) is 42.8 Å². The summed E-state index contributed by atoms with van der Waals surface area (Å²) in [5.74, 6) is 2.70. The zero-order valence-corrected chi connectivity index (χ0v) is 14.5. The van der Waals surface area contributed by atoms with Gasteiger partial charge in [0.05, 0.1) is 6.04 Å². The van der Waals surface area contributed by atoms with Crippen LogP contribution in [0.4, 0.5) is 0 Å². The number of rotatable bonds is 5. The summed E-state index contributed by atoms with van der Waals surface area (Å²) in [4.78, 5) is 16.8. The monoisotopic (exact) mass is 322 g/mol. The van der Waals surface area contributed by atoms with Gasteiger partial charge >= 0.3 is 0 Å². The summed E-state index contributed by atoms with van der Waals surface area (Å²) in [5.41, 5.74) is 1.13. The number of likely N-dealkylation sites (N-methyl/N-ethyl adjacent to an activating group) is 1. The van der Waals surface area contributed by atoms with E-state index in [0.29, 0.717) is 0 Å². The van der Waals surface area contributed by atoms with E-state index in [0.717, 1.165) is 36.6 Å². The molecule has 1 aliphatic rings. The molecule has 0 aromatic heterocycles. The maximum absolute atomic E-state index is 12.7. The zero-order chi connectivity index (χ0) is 16.1. The van der Waals surface area contributed by atoms with Crippen LogP contribution in [0.5, 0.6) is 5.75 Å². The highest BCUT2D eigenvalue weighted by molar-refractivity contribution is 7.99. The van der Waals surface area contributed by atoms with E-state index in [9.17, 15) is 9.90 Å². The first-order valence-electron chi connectivity index (χ1n) is 7.85. The normalized spacial score (nSPS) is 18.7. The fourth-order valence-electron chi connectivity index (χ4n) is 2.74. The van der Waals surface area contributed by atoms with Crippen LogP contribution >= 0.6 is 11.8 Å². The summed E-state index contributed by atoms with van der Waals surface area (Å²) in [7, 11) is 1.89. The minimum atomic E-state index is -0.0480. The average molecular weight is 322 g/mol. The van der Waals surface area contributed by atoms with Gasteiger partial charge in [0.15, 0.2) is 0 Å². The number of carbonyl (C=O) groups is 1. The summed E-state index contributed by atoms with van der Waals surface area (Å²) >= 11 is 1.96. The van der Waals surface area contributed by atoms with Crippen LogP contribution in [0.1, 0.15) is 19.4 Å². The number of phenols is 1. The molecule has 1 N–H and O–H groups in total. The topological polar surface area (TPSA) is 43.8 Å². The number of thioether (sulfide) groups is 1. The van der Waals surface area contributed by atoms with Gasteiger partial charge in [-0.25, -0.2) is 0 Å². The molecule has 1 aromatic carbocycles. The van der Waals surface area contributed by atoms with Gasteiger partial charge in [0.1, 0.15) is 5.75 Å². The Bertz CT molecular complexity index is 486. The number of carbonyl (C=O) groups excluding carboxylic acids is 1. The van der Waals surface area contributed by atoms with E-state index in [2.05, 4.69) is 11.8 Å². The molecule has 122 valence electrons. The van der Waals surface area contributed by atoms with Gasteiger partial charge in [0.25, 0.3) is 0 Å². The lowest BCUT2D eigenvalue weighted by atomic mass is 10.1. The average Bonchev–Trinajstić information content (AvgIpc) is 2.55. The summed E-state index contributed by atoms with van der Waals surface area (Å²) in [6.07, 6.45) is 0.797. The van der Waals surface area contributed by atoms with Crippen molar-refractivity contribution in [2.24, 2.45) is 0 Å². The highest BCUT2D eigenvalue weighted by Crippen LogP contribution is 2.16. The van der Waals surface area contributed by atoms with E-state index in [-0.39, 0.29) is 23.7 Å². The molecule has 5 heteroatoms. The van der Waals surface area contributed by atoms with Crippen LogP contribution in [0.15, 0.2) is 24.3 Å². The minimum Gasteiger partial charge on any atom is -0.508 e. The lowest BCUT2D eigenvalue weighted by Gasteiger charge is -2.35. The molecule has 0 aliphatic carbocycles. The van der Waals surface area contributed by atoms with Crippen molar-refractivity contribution >= 4 is 17.7 Å². The Kier molecular flexibility index (Phi) is 6.15. The van der Waals surface area contributed by atoms with Crippen molar-refractivity contribution in [1.82, 2.24) is 9.80 Å². The Balaban J connectivity index is 1.92. The molecule has 22 heavy (non-hydrogen) atoms. The van der Waals surface area contributed by atoms with E-state index in [4.69, 9.17) is 0 Å². The second kappa shape index (κ2) is 7.88. The second-order valence-electron chi connectivity index (χ2n) is 5.99. The van der Waals surface area contributed by atoms with Crippen LogP contribution in [0, 0.1) is 0 Å². The Morgan fingerprint density at radius 3 is 2.45 bits per heavy atom. The second-order valence-corrected chi connectivity index (χ2v) is 7.22. The van der Waals surface area contributed by atoms with Gasteiger partial charge in [-0.1, -0.05) is 12.1 Å². The first-order valence-corrected chi connectivity index (χ1v) is 9.01. The number of nitrogens with zero attached hydrogens (tertiary/aromatic N) is 2. The maximum Gasteiger partial charge on any atom is 0.239 e. The maximum atomic E-state index is 12.7. The van der Waals surface area contributed by atoms with Crippen LogP contribution < -0.4 is 0 Å². The predicted octanol–water partition coefficient (Wildman–Crippen LogP) is 2.22. The summed E-state index contributed by atoms with van der Waals surface area (Å²) < 4.78 is 0. The highest BCUT2D eigenvalue weighted by Gasteiger charge is 2.27. The molecule has 0 saturated carbocycles. The molecule has 1 aromatic rings. The lowest BCUT2D eigenvalue weighted by Crippen LogP contribution is -2.51. The number of hydrogen-bond donors (Lipinski definition) is 1. The third kappa shape index (κ3) is 4.40. The van der Waals surface area contributed by atoms with Gasteiger partial charge in [-0.05, 0) is 38.0 Å². The molecular formula is C17H26N2O2S. The van der Waals surface area contributed by atoms with E-state index in [1.165, 1.54) is 0 Å². The molecule has 2 atom stereocenters. The molecule has 1 fully saturated rings. The first kappa shape index (κ1) is 17.2. The predicted molar refractivity (Wildman–Crippen MR) is 92.4 cm³/mol. The van der Waals surface area contributed by atoms with E-state index < -0.39 is 0 Å². The molecule has 0 spiro atoms. The number of benzene rings is 1. The molecular weight excluding hydrogens is 296 g/mol. The number of phenolic OH excluding ortho intramolecular Hbond substituents is 1. The molecule has 0 bridgehead atoms. The quantitative estimate of drug-likeness (QED) is 0.903. The molecule has 1 saturated heterocycles. The van der Waals surface area contributed by atoms with Crippen molar-refractivity contribution in [1.29, 1.82) is 0 Å². The van der Waals surface area contributed by atoms with E-state index in [1.54, 1.807) is 12.1 Å². The fraction of sp³-hybridized carbons (Fsp3) is 0.588. The van der Waals surface area contributed by atoms with Crippen LogP contribution in [-0.4, -0.2) is 64.5 Å². The molecule has 1 heterocycles. The number of amides is 1. The van der Waals surface area contributed by atoms with Gasteiger partial charge in [0, 0.05) is 37.7 Å². The van der Waals surface area contributed by atoms with Crippen molar-refractivity contribution in [2.75, 3.05) is 31.6 Å². The number of aromatic hydroxyl groups is 1. The summed E-state index contributed by atoms with van der Waals surface area (Å²) in [5, 5.41) is 9.33. The zero-order valence-electron chi connectivity index (χ0n) is 13.7. The van der Waals surface area contributed by atoms with Crippen molar-refractivity contribution in [2.45, 2.75) is 32.4 Å². The van der Waals surface area contributed by atoms with Crippen LogP contribution in [-0.2, 0) is 11.2 Å². The van der Waals surface area contributed by atoms with Gasteiger partial charge in [-0.3, -0.25) is 9.69 Å². The Morgan fingerprint density at radius 2 is 1.86 bits per heavy atom. The van der Waals surface area contributed by atoms with Crippen molar-refractivity contribution in [3.8, 4) is 5.75 Å². The first-order chi connectivity index (χ1) is 10.5. The van der Waals surface area contributed by atoms with Crippen LogP contribution in [0.2, 0.25) is 0 Å². The Hall–Kier alpha value is -1.20. The molecule has 1 aliphatic heterocycles. The summed E-state index contributed by atoms with van der Waals surface area (Å²) in [6, 6.07) is 7.30. The molecule has 2 rings (SSSR count). The van der Waals surface area contributed by atoms with E-state index >= 15 is 0 Å². The van der Waals surface area contributed by atoms with Gasteiger partial charge in [-0.2, -0.15) is 11.8 Å². The van der Waals surface area contributed by atoms with Crippen LogP contribution in [0.25, 0.3) is 0 Å². The third-order valence-corrected chi connectivity index (χ3v) is 5.37. The fourth-order valence-corrected chi connectivity index (χ4v) is 3.67. The lowest BCUT2D eigenvalue weighted by molar-refractivity contribution is -0.136. The van der Waals surface area contributed by atoms with Crippen molar-refractivity contribution in [3.63, 3.8) is 0 Å². The van der Waals surface area contributed by atoms with Gasteiger partial charge in [0.2, 0.25) is 5.91 Å². The molecule has 0 radical (unpaired) electrons. The number of hydrogen-bond acceptors (Lipinski definition) is 4. The van der Waals surface area contributed by atoms with Crippen molar-refractivity contribution in [3.05, 3.63) is 29.8 Å². The highest BCUT2D eigenvalue weighted by atomic mass is 32.2.